The molecule has 0 spiro atoms. The molecule has 1 heterocycles. The molecule has 22 heavy (non-hydrogen) atoms. The van der Waals surface area contributed by atoms with Crippen molar-refractivity contribution in [3.05, 3.63) is 35.9 Å². The summed E-state index contributed by atoms with van der Waals surface area (Å²) in [6, 6.07) is 11.0. The first kappa shape index (κ1) is 15.5. The largest absolute Gasteiger partial charge is 0.338 e. The predicted molar refractivity (Wildman–Crippen MR) is 89.4 cm³/mol. The Labute approximate surface area is 134 Å². The zero-order valence-electron chi connectivity index (χ0n) is 13.9. The van der Waals surface area contributed by atoms with Gasteiger partial charge >= 0.3 is 0 Å². The summed E-state index contributed by atoms with van der Waals surface area (Å²) < 4.78 is 0. The van der Waals surface area contributed by atoms with E-state index in [1.165, 1.54) is 18.4 Å². The van der Waals surface area contributed by atoms with Gasteiger partial charge < -0.3 is 4.90 Å². The molecule has 0 N–H and O–H groups in total. The third kappa shape index (κ3) is 3.89. The fraction of sp³-hybridized carbons (Fsp3) is 0.632. The van der Waals surface area contributed by atoms with Gasteiger partial charge in [0.1, 0.15) is 0 Å². The Hall–Kier alpha value is -1.35. The van der Waals surface area contributed by atoms with Crippen molar-refractivity contribution < 1.29 is 4.79 Å². The Bertz CT molecular complexity index is 495. The number of nitrogens with zero attached hydrogens (tertiary/aromatic N) is 2. The molecule has 3 rings (SSSR count). The van der Waals surface area contributed by atoms with Gasteiger partial charge in [0.15, 0.2) is 0 Å². The van der Waals surface area contributed by atoms with Gasteiger partial charge in [0.2, 0.25) is 5.91 Å². The van der Waals surface area contributed by atoms with Crippen LogP contribution in [0.25, 0.3) is 0 Å². The van der Waals surface area contributed by atoms with Gasteiger partial charge in [-0.05, 0) is 30.2 Å². The quantitative estimate of drug-likeness (QED) is 0.834. The second-order valence-corrected chi connectivity index (χ2v) is 7.27. The topological polar surface area (TPSA) is 23.6 Å². The molecule has 0 aromatic heterocycles. The van der Waals surface area contributed by atoms with Gasteiger partial charge in [-0.2, -0.15) is 0 Å². The first-order valence-electron chi connectivity index (χ1n) is 8.69. The summed E-state index contributed by atoms with van der Waals surface area (Å²) in [5.74, 6) is 1.64. The molecule has 1 aliphatic carbocycles. The first-order chi connectivity index (χ1) is 10.6. The summed E-state index contributed by atoms with van der Waals surface area (Å²) in [6.07, 6.45) is 3.29. The van der Waals surface area contributed by atoms with E-state index in [2.05, 4.69) is 54.0 Å². The molecule has 0 radical (unpaired) electrons. The molecule has 1 saturated carbocycles. The van der Waals surface area contributed by atoms with Crippen LogP contribution in [0.1, 0.15) is 38.7 Å². The van der Waals surface area contributed by atoms with Crippen molar-refractivity contribution in [3.8, 4) is 0 Å². The summed E-state index contributed by atoms with van der Waals surface area (Å²) in [5, 5.41) is 0. The van der Waals surface area contributed by atoms with E-state index in [4.69, 9.17) is 0 Å². The van der Waals surface area contributed by atoms with Crippen molar-refractivity contribution >= 4 is 5.91 Å². The highest BCUT2D eigenvalue weighted by molar-refractivity contribution is 5.77. The molecule has 120 valence electrons. The number of amides is 1. The van der Waals surface area contributed by atoms with E-state index in [1.807, 2.05) is 0 Å². The van der Waals surface area contributed by atoms with Crippen LogP contribution in [0.3, 0.4) is 0 Å². The van der Waals surface area contributed by atoms with E-state index < -0.39 is 0 Å². The van der Waals surface area contributed by atoms with Crippen molar-refractivity contribution in [1.82, 2.24) is 9.80 Å². The SMILES string of the molecule is CC(C)C1CN(Cc2ccccc2)CCC(=O)N1CC1CC1. The van der Waals surface area contributed by atoms with Gasteiger partial charge in [-0.1, -0.05) is 44.2 Å². The molecule has 1 atom stereocenters. The average molecular weight is 300 g/mol. The minimum absolute atomic E-state index is 0.360. The third-order valence-electron chi connectivity index (χ3n) is 4.98. The van der Waals surface area contributed by atoms with Gasteiger partial charge in [0.05, 0.1) is 0 Å². The van der Waals surface area contributed by atoms with Crippen LogP contribution in [0.15, 0.2) is 30.3 Å². The van der Waals surface area contributed by atoms with Crippen LogP contribution >= 0.6 is 0 Å². The van der Waals surface area contributed by atoms with Crippen LogP contribution < -0.4 is 0 Å². The molecule has 1 aliphatic heterocycles. The third-order valence-corrected chi connectivity index (χ3v) is 4.98. The minimum Gasteiger partial charge on any atom is -0.338 e. The standard InChI is InChI=1S/C19H28N2O/c1-15(2)18-14-20(12-16-6-4-3-5-7-16)11-10-19(22)21(18)13-17-8-9-17/h3-7,15,17-18H,8-14H2,1-2H3. The van der Waals surface area contributed by atoms with Crippen molar-refractivity contribution in [1.29, 1.82) is 0 Å². The molecule has 0 bridgehead atoms. The van der Waals surface area contributed by atoms with Crippen LogP contribution in [0.4, 0.5) is 0 Å². The Morgan fingerprint density at radius 3 is 2.55 bits per heavy atom. The lowest BCUT2D eigenvalue weighted by atomic mass is 10.0. The van der Waals surface area contributed by atoms with Crippen LogP contribution in [0, 0.1) is 11.8 Å². The number of hydrogen-bond acceptors (Lipinski definition) is 2. The minimum atomic E-state index is 0.360. The van der Waals surface area contributed by atoms with Crippen LogP contribution in [0.5, 0.6) is 0 Å². The molecule has 1 amide bonds. The number of rotatable bonds is 5. The zero-order chi connectivity index (χ0) is 15.5. The highest BCUT2D eigenvalue weighted by Gasteiger charge is 2.35. The van der Waals surface area contributed by atoms with Crippen molar-refractivity contribution in [2.24, 2.45) is 11.8 Å². The van der Waals surface area contributed by atoms with Gasteiger partial charge in [-0.3, -0.25) is 9.69 Å². The fourth-order valence-electron chi connectivity index (χ4n) is 3.41. The molecule has 2 aliphatic rings. The average Bonchev–Trinajstić information content (AvgIpc) is 3.33. The van der Waals surface area contributed by atoms with Crippen molar-refractivity contribution in [2.75, 3.05) is 19.6 Å². The second-order valence-electron chi connectivity index (χ2n) is 7.27. The molecule has 1 aromatic carbocycles. The number of carbonyl (C=O) groups is 1. The molecular formula is C19H28N2O. The Balaban J connectivity index is 1.70. The van der Waals surface area contributed by atoms with Gasteiger partial charge in [-0.15, -0.1) is 0 Å². The van der Waals surface area contributed by atoms with Gasteiger partial charge in [-0.25, -0.2) is 0 Å². The lowest BCUT2D eigenvalue weighted by molar-refractivity contribution is -0.133. The molecule has 1 unspecified atom stereocenters. The van der Waals surface area contributed by atoms with E-state index in [1.54, 1.807) is 0 Å². The lowest BCUT2D eigenvalue weighted by Gasteiger charge is -2.35. The molecule has 3 heteroatoms. The van der Waals surface area contributed by atoms with Gasteiger partial charge in [0.25, 0.3) is 0 Å². The Morgan fingerprint density at radius 1 is 1.18 bits per heavy atom. The first-order valence-corrected chi connectivity index (χ1v) is 8.69. The molecular weight excluding hydrogens is 272 g/mol. The highest BCUT2D eigenvalue weighted by Crippen LogP contribution is 2.32. The maximum atomic E-state index is 12.6. The van der Waals surface area contributed by atoms with Crippen molar-refractivity contribution in [2.45, 2.75) is 45.7 Å². The van der Waals surface area contributed by atoms with Crippen LogP contribution in [-0.4, -0.2) is 41.4 Å². The number of hydrogen-bond donors (Lipinski definition) is 0. The summed E-state index contributed by atoms with van der Waals surface area (Å²) in [4.78, 5) is 17.3. The molecule has 1 aromatic rings. The summed E-state index contributed by atoms with van der Waals surface area (Å²) in [6.45, 7) is 8.34. The fourth-order valence-corrected chi connectivity index (χ4v) is 3.41. The number of benzene rings is 1. The predicted octanol–water partition coefficient (Wildman–Crippen LogP) is 3.16. The smallest absolute Gasteiger partial charge is 0.224 e. The maximum absolute atomic E-state index is 12.6. The second kappa shape index (κ2) is 6.82. The van der Waals surface area contributed by atoms with Gasteiger partial charge in [0, 0.05) is 38.6 Å². The maximum Gasteiger partial charge on any atom is 0.224 e. The van der Waals surface area contributed by atoms with Crippen molar-refractivity contribution in [3.63, 3.8) is 0 Å². The number of carbonyl (C=O) groups excluding carboxylic acids is 1. The Morgan fingerprint density at radius 2 is 1.91 bits per heavy atom. The highest BCUT2D eigenvalue weighted by atomic mass is 16.2. The normalized spacial score (nSPS) is 23.9. The van der Waals surface area contributed by atoms with Crippen LogP contribution in [-0.2, 0) is 11.3 Å². The Kier molecular flexibility index (Phi) is 4.82. The van der Waals surface area contributed by atoms with E-state index >= 15 is 0 Å². The van der Waals surface area contributed by atoms with E-state index in [-0.39, 0.29) is 0 Å². The van der Waals surface area contributed by atoms with E-state index in [0.717, 1.165) is 32.1 Å². The lowest BCUT2D eigenvalue weighted by Crippen LogP contribution is -2.47. The molecule has 2 fully saturated rings. The summed E-state index contributed by atoms with van der Waals surface area (Å²) >= 11 is 0. The monoisotopic (exact) mass is 300 g/mol. The zero-order valence-corrected chi connectivity index (χ0v) is 13.9. The molecule has 3 nitrogen and oxygen atoms in total. The van der Waals surface area contributed by atoms with E-state index in [0.29, 0.717) is 24.3 Å². The van der Waals surface area contributed by atoms with E-state index in [9.17, 15) is 4.79 Å². The molecule has 1 saturated heterocycles. The van der Waals surface area contributed by atoms with Crippen LogP contribution in [0.2, 0.25) is 0 Å². The summed E-state index contributed by atoms with van der Waals surface area (Å²) in [7, 11) is 0. The summed E-state index contributed by atoms with van der Waals surface area (Å²) in [5.41, 5.74) is 1.34.